The second-order valence-corrected chi connectivity index (χ2v) is 11.9. The molecule has 2 rings (SSSR count). The van der Waals surface area contributed by atoms with Gasteiger partial charge in [-0.3, -0.25) is 4.79 Å². The number of hydrogen-bond acceptors (Lipinski definition) is 6. The van der Waals surface area contributed by atoms with Crippen LogP contribution in [0.3, 0.4) is 0 Å². The van der Waals surface area contributed by atoms with Gasteiger partial charge in [-0.1, -0.05) is 17.7 Å². The fourth-order valence-electron chi connectivity index (χ4n) is 2.96. The Morgan fingerprint density at radius 1 is 1.06 bits per heavy atom. The van der Waals surface area contributed by atoms with Crippen LogP contribution in [0.2, 0.25) is 5.02 Å². The third-order valence-electron chi connectivity index (χ3n) is 4.56. The largest absolute Gasteiger partial charge is 0.481 e. The molecule has 0 fully saturated rings. The quantitative estimate of drug-likeness (QED) is 0.521. The van der Waals surface area contributed by atoms with Gasteiger partial charge in [0.15, 0.2) is 16.4 Å². The van der Waals surface area contributed by atoms with Crippen molar-refractivity contribution in [3.63, 3.8) is 0 Å². The normalized spacial score (nSPS) is 11.9. The molecule has 0 aliphatic heterocycles. The highest BCUT2D eigenvalue weighted by atomic mass is 35.5. The average Bonchev–Trinajstić information content (AvgIpc) is 2.70. The number of esters is 1. The molecule has 0 saturated heterocycles. The fraction of sp³-hybridized carbons (Fsp3) is 0.417. The number of carbonyl (C=O) groups is 2. The van der Waals surface area contributed by atoms with E-state index in [4.69, 9.17) is 21.1 Å². The molecule has 0 bridgehead atoms. The maximum Gasteiger partial charge on any atom is 0.344 e. The Bertz CT molecular complexity index is 1150. The van der Waals surface area contributed by atoms with Crippen LogP contribution in [0.15, 0.2) is 41.3 Å². The van der Waals surface area contributed by atoms with Gasteiger partial charge in [0.1, 0.15) is 11.4 Å². The zero-order chi connectivity index (χ0) is 25.1. The molecule has 0 N–H and O–H groups in total. The van der Waals surface area contributed by atoms with Crippen LogP contribution in [0.25, 0.3) is 11.1 Å². The molecule has 2 aromatic carbocycles. The lowest BCUT2D eigenvalue weighted by Gasteiger charge is -2.20. The standard InChI is InChI=1S/C24H30ClNO6S/c1-15(2)33(29,30)21-12-16(8-10-18(21)23(28)26(6)7)19-13-17(25)9-11-20(19)31-14-22(27)32-24(3,4)5/h8-13,15H,14H2,1-7H3. The van der Waals surface area contributed by atoms with Crippen LogP contribution in [0.5, 0.6) is 5.75 Å². The summed E-state index contributed by atoms with van der Waals surface area (Å²) in [7, 11) is -0.667. The summed E-state index contributed by atoms with van der Waals surface area (Å²) in [5.41, 5.74) is 0.384. The molecule has 0 heterocycles. The first-order chi connectivity index (χ1) is 15.1. The molecule has 0 aliphatic carbocycles. The number of halogens is 1. The van der Waals surface area contributed by atoms with Crippen molar-refractivity contribution < 1.29 is 27.5 Å². The fourth-order valence-corrected chi connectivity index (χ4v) is 4.39. The molecular formula is C24H30ClNO6S. The van der Waals surface area contributed by atoms with E-state index in [1.807, 2.05) is 0 Å². The Balaban J connectivity index is 2.57. The Labute approximate surface area is 200 Å². The summed E-state index contributed by atoms with van der Waals surface area (Å²) in [6, 6.07) is 9.36. The van der Waals surface area contributed by atoms with Gasteiger partial charge < -0.3 is 14.4 Å². The van der Waals surface area contributed by atoms with Crippen molar-refractivity contribution in [2.75, 3.05) is 20.7 Å². The third-order valence-corrected chi connectivity index (χ3v) is 6.99. The van der Waals surface area contributed by atoms with E-state index in [2.05, 4.69) is 0 Å². The lowest BCUT2D eigenvalue weighted by Crippen LogP contribution is -2.27. The molecule has 180 valence electrons. The van der Waals surface area contributed by atoms with Gasteiger partial charge in [-0.25, -0.2) is 13.2 Å². The summed E-state index contributed by atoms with van der Waals surface area (Å²) in [5, 5.41) is -0.333. The summed E-state index contributed by atoms with van der Waals surface area (Å²) in [6.45, 7) is 8.05. The number of hydrogen-bond donors (Lipinski definition) is 0. The maximum atomic E-state index is 13.1. The number of rotatable bonds is 7. The van der Waals surface area contributed by atoms with E-state index in [0.717, 1.165) is 0 Å². The minimum atomic E-state index is -3.78. The van der Waals surface area contributed by atoms with Crippen molar-refractivity contribution in [2.45, 2.75) is 50.4 Å². The highest BCUT2D eigenvalue weighted by Crippen LogP contribution is 2.35. The maximum absolute atomic E-state index is 13.1. The summed E-state index contributed by atoms with van der Waals surface area (Å²) in [4.78, 5) is 26.0. The van der Waals surface area contributed by atoms with Crippen LogP contribution in [0, 0.1) is 0 Å². The summed E-state index contributed by atoms with van der Waals surface area (Å²) in [5.74, 6) is -0.642. The summed E-state index contributed by atoms with van der Waals surface area (Å²) in [6.07, 6.45) is 0. The van der Waals surface area contributed by atoms with E-state index in [1.165, 1.54) is 17.0 Å². The Morgan fingerprint density at radius 2 is 1.70 bits per heavy atom. The van der Waals surface area contributed by atoms with Gasteiger partial charge in [0.2, 0.25) is 0 Å². The number of amides is 1. The Kier molecular flexibility index (Phi) is 8.19. The van der Waals surface area contributed by atoms with E-state index >= 15 is 0 Å². The highest BCUT2D eigenvalue weighted by Gasteiger charge is 2.27. The predicted molar refractivity (Wildman–Crippen MR) is 129 cm³/mol. The lowest BCUT2D eigenvalue weighted by molar-refractivity contribution is -0.157. The van der Waals surface area contributed by atoms with E-state index in [-0.39, 0.29) is 17.1 Å². The number of nitrogens with zero attached hydrogens (tertiary/aromatic N) is 1. The topological polar surface area (TPSA) is 90.0 Å². The molecule has 2 aromatic rings. The molecule has 9 heteroatoms. The van der Waals surface area contributed by atoms with Crippen LogP contribution in [-0.4, -0.2) is 56.7 Å². The second kappa shape index (κ2) is 10.1. The molecule has 33 heavy (non-hydrogen) atoms. The molecule has 0 atom stereocenters. The molecule has 0 aromatic heterocycles. The van der Waals surface area contributed by atoms with Gasteiger partial charge in [-0.2, -0.15) is 0 Å². The van der Waals surface area contributed by atoms with Gasteiger partial charge in [0, 0.05) is 24.7 Å². The number of sulfone groups is 1. The number of benzene rings is 2. The monoisotopic (exact) mass is 495 g/mol. The summed E-state index contributed by atoms with van der Waals surface area (Å²) >= 11 is 6.19. The summed E-state index contributed by atoms with van der Waals surface area (Å²) < 4.78 is 37.1. The van der Waals surface area contributed by atoms with E-state index in [0.29, 0.717) is 21.9 Å². The van der Waals surface area contributed by atoms with Crippen LogP contribution in [0.1, 0.15) is 45.0 Å². The molecular weight excluding hydrogens is 466 g/mol. The average molecular weight is 496 g/mol. The van der Waals surface area contributed by atoms with Crippen LogP contribution < -0.4 is 4.74 Å². The zero-order valence-electron chi connectivity index (χ0n) is 19.9. The van der Waals surface area contributed by atoms with Crippen molar-refractivity contribution in [3.05, 3.63) is 47.0 Å². The van der Waals surface area contributed by atoms with Gasteiger partial charge >= 0.3 is 5.97 Å². The van der Waals surface area contributed by atoms with Gasteiger partial charge in [0.25, 0.3) is 5.91 Å². The van der Waals surface area contributed by atoms with E-state index in [9.17, 15) is 18.0 Å². The van der Waals surface area contributed by atoms with E-state index < -0.39 is 32.6 Å². The first kappa shape index (κ1) is 26.7. The molecule has 0 unspecified atom stereocenters. The molecule has 0 aliphatic rings. The van der Waals surface area contributed by atoms with Gasteiger partial charge in [-0.15, -0.1) is 0 Å². The molecule has 7 nitrogen and oxygen atoms in total. The molecule has 0 radical (unpaired) electrons. The van der Waals surface area contributed by atoms with Crippen molar-refractivity contribution in [3.8, 4) is 16.9 Å². The van der Waals surface area contributed by atoms with Crippen molar-refractivity contribution in [1.82, 2.24) is 4.90 Å². The molecule has 1 amide bonds. The first-order valence-electron chi connectivity index (χ1n) is 10.4. The van der Waals surface area contributed by atoms with Crippen molar-refractivity contribution in [2.24, 2.45) is 0 Å². The Hall–Kier alpha value is -2.58. The SMILES string of the molecule is CC(C)S(=O)(=O)c1cc(-c2cc(Cl)ccc2OCC(=O)OC(C)(C)C)ccc1C(=O)N(C)C. The number of carbonyl (C=O) groups excluding carboxylic acids is 2. The predicted octanol–water partition coefficient (Wildman–Crippen LogP) is 4.61. The minimum absolute atomic E-state index is 0.0771. The number of ether oxygens (including phenoxy) is 2. The van der Waals surface area contributed by atoms with E-state index in [1.54, 1.807) is 73.0 Å². The molecule has 0 saturated carbocycles. The van der Waals surface area contributed by atoms with Gasteiger partial charge in [0.05, 0.1) is 15.7 Å². The van der Waals surface area contributed by atoms with Crippen molar-refractivity contribution >= 4 is 33.3 Å². The first-order valence-corrected chi connectivity index (χ1v) is 12.3. The highest BCUT2D eigenvalue weighted by molar-refractivity contribution is 7.92. The second-order valence-electron chi connectivity index (χ2n) is 9.02. The van der Waals surface area contributed by atoms with Crippen LogP contribution >= 0.6 is 11.6 Å². The minimum Gasteiger partial charge on any atom is -0.481 e. The Morgan fingerprint density at radius 3 is 2.24 bits per heavy atom. The van der Waals surface area contributed by atoms with Gasteiger partial charge in [-0.05, 0) is 70.5 Å². The van der Waals surface area contributed by atoms with Crippen molar-refractivity contribution in [1.29, 1.82) is 0 Å². The molecule has 0 spiro atoms. The lowest BCUT2D eigenvalue weighted by atomic mass is 10.0. The smallest absolute Gasteiger partial charge is 0.344 e. The van der Waals surface area contributed by atoms with Crippen LogP contribution in [0.4, 0.5) is 0 Å². The third kappa shape index (κ3) is 6.71. The zero-order valence-corrected chi connectivity index (χ0v) is 21.5. The van der Waals surface area contributed by atoms with Crippen LogP contribution in [-0.2, 0) is 19.4 Å².